The van der Waals surface area contributed by atoms with E-state index in [1.807, 2.05) is 26.8 Å². The molecule has 2 aromatic heterocycles. The lowest BCUT2D eigenvalue weighted by molar-refractivity contribution is 0.0987. The van der Waals surface area contributed by atoms with Crippen molar-refractivity contribution in [2.75, 3.05) is 12.4 Å². The first-order valence-electron chi connectivity index (χ1n) is 8.74. The molecule has 3 rings (SSSR count). The fourth-order valence-corrected chi connectivity index (χ4v) is 3.28. The third kappa shape index (κ3) is 4.84. The second-order valence-corrected chi connectivity index (χ2v) is 7.21. The first-order chi connectivity index (χ1) is 13.0. The molecular weight excluding hydrogens is 364 g/mol. The number of hydrogen-bond donors (Lipinski definition) is 1. The van der Waals surface area contributed by atoms with Gasteiger partial charge in [-0.15, -0.1) is 5.10 Å². The molecule has 2 heterocycles. The Balaban J connectivity index is 1.52. The molecule has 0 amide bonds. The number of aromatic nitrogens is 4. The lowest BCUT2D eigenvalue weighted by Gasteiger charge is -2.11. The summed E-state index contributed by atoms with van der Waals surface area (Å²) < 4.78 is 7.28. The maximum absolute atomic E-state index is 11.6. The maximum atomic E-state index is 11.6. The number of rotatable bonds is 8. The van der Waals surface area contributed by atoms with Gasteiger partial charge in [0.05, 0.1) is 6.10 Å². The van der Waals surface area contributed by atoms with Crippen LogP contribution in [-0.2, 0) is 0 Å². The van der Waals surface area contributed by atoms with E-state index in [2.05, 4.69) is 15.1 Å². The van der Waals surface area contributed by atoms with E-state index in [1.165, 1.54) is 11.8 Å². The quantitative estimate of drug-likeness (QED) is 0.470. The van der Waals surface area contributed by atoms with Crippen LogP contribution in [0.5, 0.6) is 5.75 Å². The SMILES string of the molecule is CCC(=O)c1ccc(OC[C@H](O)CSc2nc3nc(C)cc(C)n3n2)cc1. The summed E-state index contributed by atoms with van der Waals surface area (Å²) in [7, 11) is 0. The fraction of sp³-hybridized carbons (Fsp3) is 0.368. The average molecular weight is 386 g/mol. The van der Waals surface area contributed by atoms with E-state index in [4.69, 9.17) is 4.74 Å². The zero-order valence-electron chi connectivity index (χ0n) is 15.5. The fourth-order valence-electron chi connectivity index (χ4n) is 2.56. The van der Waals surface area contributed by atoms with Gasteiger partial charge in [0, 0.05) is 29.1 Å². The van der Waals surface area contributed by atoms with Crippen molar-refractivity contribution in [3.8, 4) is 5.75 Å². The van der Waals surface area contributed by atoms with Crippen LogP contribution in [-0.4, -0.2) is 48.9 Å². The van der Waals surface area contributed by atoms with Gasteiger partial charge in [-0.05, 0) is 44.2 Å². The third-order valence-corrected chi connectivity index (χ3v) is 4.93. The predicted octanol–water partition coefficient (Wildman–Crippen LogP) is 2.87. The van der Waals surface area contributed by atoms with Gasteiger partial charge in [-0.3, -0.25) is 4.79 Å². The van der Waals surface area contributed by atoms with Gasteiger partial charge in [-0.1, -0.05) is 18.7 Å². The Morgan fingerprint density at radius 1 is 1.26 bits per heavy atom. The highest BCUT2D eigenvalue weighted by Crippen LogP contribution is 2.18. The molecule has 0 aliphatic heterocycles. The Bertz CT molecular complexity index is 940. The highest BCUT2D eigenvalue weighted by atomic mass is 32.2. The monoisotopic (exact) mass is 386 g/mol. The minimum Gasteiger partial charge on any atom is -0.491 e. The van der Waals surface area contributed by atoms with Crippen molar-refractivity contribution in [3.05, 3.63) is 47.3 Å². The van der Waals surface area contributed by atoms with Gasteiger partial charge in [-0.25, -0.2) is 9.50 Å². The van der Waals surface area contributed by atoms with Gasteiger partial charge in [0.1, 0.15) is 12.4 Å². The van der Waals surface area contributed by atoms with Gasteiger partial charge in [0.25, 0.3) is 5.78 Å². The first kappa shape index (κ1) is 19.3. The van der Waals surface area contributed by atoms with E-state index < -0.39 is 6.10 Å². The van der Waals surface area contributed by atoms with Crippen LogP contribution >= 0.6 is 11.8 Å². The second-order valence-electron chi connectivity index (χ2n) is 6.22. The Kier molecular flexibility index (Phi) is 6.08. The number of benzene rings is 1. The maximum Gasteiger partial charge on any atom is 0.253 e. The summed E-state index contributed by atoms with van der Waals surface area (Å²) in [6.07, 6.45) is -0.198. The molecule has 0 aliphatic carbocycles. The number of fused-ring (bicyclic) bond motifs is 1. The first-order valence-corrected chi connectivity index (χ1v) is 9.72. The third-order valence-electron chi connectivity index (χ3n) is 3.94. The van der Waals surface area contributed by atoms with Crippen LogP contribution in [0.4, 0.5) is 0 Å². The Labute approximate surface area is 161 Å². The highest BCUT2D eigenvalue weighted by molar-refractivity contribution is 7.99. The Hall–Kier alpha value is -2.45. The van der Waals surface area contributed by atoms with E-state index in [0.717, 1.165) is 11.4 Å². The number of Topliss-reactive ketones (excluding diaryl/α,β-unsaturated/α-hetero) is 1. The van der Waals surface area contributed by atoms with Crippen molar-refractivity contribution in [1.82, 2.24) is 19.6 Å². The number of aryl methyl sites for hydroxylation is 2. The molecule has 0 spiro atoms. The second kappa shape index (κ2) is 8.49. The van der Waals surface area contributed by atoms with Gasteiger partial charge >= 0.3 is 0 Å². The van der Waals surface area contributed by atoms with Crippen molar-refractivity contribution in [2.24, 2.45) is 0 Å². The van der Waals surface area contributed by atoms with Crippen molar-refractivity contribution in [1.29, 1.82) is 0 Å². The van der Waals surface area contributed by atoms with Crippen LogP contribution in [0.2, 0.25) is 0 Å². The Morgan fingerprint density at radius 2 is 2.00 bits per heavy atom. The molecule has 1 aromatic carbocycles. The molecule has 0 fully saturated rings. The van der Waals surface area contributed by atoms with Crippen LogP contribution in [0.15, 0.2) is 35.5 Å². The molecule has 142 valence electrons. The summed E-state index contributed by atoms with van der Waals surface area (Å²) in [4.78, 5) is 20.3. The van der Waals surface area contributed by atoms with Crippen LogP contribution < -0.4 is 4.74 Å². The number of ketones is 1. The van der Waals surface area contributed by atoms with E-state index in [1.54, 1.807) is 28.8 Å². The average Bonchev–Trinajstić information content (AvgIpc) is 3.07. The van der Waals surface area contributed by atoms with E-state index in [9.17, 15) is 9.90 Å². The molecule has 0 aliphatic rings. The van der Waals surface area contributed by atoms with Gasteiger partial charge < -0.3 is 9.84 Å². The van der Waals surface area contributed by atoms with E-state index in [-0.39, 0.29) is 12.4 Å². The van der Waals surface area contributed by atoms with Gasteiger partial charge in [0.2, 0.25) is 5.16 Å². The standard InChI is InChI=1S/C19H22N4O3S/c1-4-17(25)14-5-7-16(8-6-14)26-10-15(24)11-27-19-21-18-20-12(2)9-13(3)23(18)22-19/h5-9,15,24H,4,10-11H2,1-3H3/t15-/m0/s1. The van der Waals surface area contributed by atoms with Crippen molar-refractivity contribution in [2.45, 2.75) is 38.5 Å². The van der Waals surface area contributed by atoms with Crippen LogP contribution in [0.1, 0.15) is 35.1 Å². The highest BCUT2D eigenvalue weighted by Gasteiger charge is 2.12. The predicted molar refractivity (Wildman–Crippen MR) is 104 cm³/mol. The normalized spacial score (nSPS) is 12.3. The largest absolute Gasteiger partial charge is 0.491 e. The van der Waals surface area contributed by atoms with Gasteiger partial charge in [-0.2, -0.15) is 4.98 Å². The lowest BCUT2D eigenvalue weighted by atomic mass is 10.1. The van der Waals surface area contributed by atoms with Crippen molar-refractivity contribution in [3.63, 3.8) is 0 Å². The number of ether oxygens (including phenoxy) is 1. The van der Waals surface area contributed by atoms with E-state index in [0.29, 0.717) is 34.4 Å². The number of aliphatic hydroxyl groups excluding tert-OH is 1. The molecule has 3 aromatic rings. The molecular formula is C19H22N4O3S. The topological polar surface area (TPSA) is 89.6 Å². The van der Waals surface area contributed by atoms with Crippen LogP contribution in [0.3, 0.4) is 0 Å². The number of carbonyl (C=O) groups excluding carboxylic acids is 1. The minimum absolute atomic E-state index is 0.0952. The molecule has 0 saturated carbocycles. The summed E-state index contributed by atoms with van der Waals surface area (Å²) in [5, 5.41) is 15.1. The zero-order valence-corrected chi connectivity index (χ0v) is 16.4. The van der Waals surface area contributed by atoms with Crippen molar-refractivity contribution < 1.29 is 14.6 Å². The van der Waals surface area contributed by atoms with Crippen molar-refractivity contribution >= 4 is 23.3 Å². The van der Waals surface area contributed by atoms with Crippen LogP contribution in [0, 0.1) is 13.8 Å². The number of thioether (sulfide) groups is 1. The summed E-state index contributed by atoms with van der Waals surface area (Å²) in [5.74, 6) is 1.68. The summed E-state index contributed by atoms with van der Waals surface area (Å²) in [6.45, 7) is 5.85. The molecule has 8 heteroatoms. The molecule has 1 N–H and O–H groups in total. The molecule has 0 radical (unpaired) electrons. The lowest BCUT2D eigenvalue weighted by Crippen LogP contribution is -2.20. The molecule has 0 saturated heterocycles. The summed E-state index contributed by atoms with van der Waals surface area (Å²) in [5.41, 5.74) is 2.52. The summed E-state index contributed by atoms with van der Waals surface area (Å²) >= 11 is 1.36. The smallest absolute Gasteiger partial charge is 0.253 e. The van der Waals surface area contributed by atoms with E-state index >= 15 is 0 Å². The minimum atomic E-state index is -0.672. The zero-order chi connectivity index (χ0) is 19.4. The van der Waals surface area contributed by atoms with Gasteiger partial charge in [0.15, 0.2) is 5.78 Å². The summed E-state index contributed by atoms with van der Waals surface area (Å²) in [6, 6.07) is 8.89. The number of nitrogens with zero attached hydrogens (tertiary/aromatic N) is 4. The molecule has 7 nitrogen and oxygen atoms in total. The molecule has 27 heavy (non-hydrogen) atoms. The number of aliphatic hydroxyl groups is 1. The number of carbonyl (C=O) groups is 1. The Morgan fingerprint density at radius 3 is 2.70 bits per heavy atom. The number of hydrogen-bond acceptors (Lipinski definition) is 7. The molecule has 0 unspecified atom stereocenters. The molecule has 1 atom stereocenters. The molecule has 0 bridgehead atoms. The van der Waals surface area contributed by atoms with Crippen LogP contribution in [0.25, 0.3) is 5.78 Å².